The maximum atomic E-state index is 13.4. The number of esters is 1. The molecular formula is C12H8F4O2. The highest BCUT2D eigenvalue weighted by Gasteiger charge is 2.34. The summed E-state index contributed by atoms with van der Waals surface area (Å²) in [5, 5.41) is 0. The fraction of sp³-hybridized carbons (Fsp3) is 0.250. The van der Waals surface area contributed by atoms with Gasteiger partial charge in [-0.3, -0.25) is 0 Å². The number of rotatable bonds is 1. The summed E-state index contributed by atoms with van der Waals surface area (Å²) in [7, 11) is 0. The number of carbonyl (C=O) groups is 1. The molecule has 0 amide bonds. The third kappa shape index (κ3) is 3.48. The Morgan fingerprint density at radius 3 is 2.61 bits per heavy atom. The van der Waals surface area contributed by atoms with Gasteiger partial charge < -0.3 is 4.74 Å². The summed E-state index contributed by atoms with van der Waals surface area (Å²) < 4.78 is 55.0. The molecule has 96 valence electrons. The van der Waals surface area contributed by atoms with Crippen LogP contribution in [-0.4, -0.2) is 12.6 Å². The molecule has 0 saturated heterocycles. The molecule has 2 nitrogen and oxygen atoms in total. The van der Waals surface area contributed by atoms with Gasteiger partial charge in [-0.1, -0.05) is 12.0 Å². The van der Waals surface area contributed by atoms with Gasteiger partial charge >= 0.3 is 12.1 Å². The molecular weight excluding hydrogens is 252 g/mol. The molecule has 0 aliphatic carbocycles. The van der Waals surface area contributed by atoms with Crippen LogP contribution in [0.15, 0.2) is 18.2 Å². The van der Waals surface area contributed by atoms with E-state index in [1.165, 1.54) is 0 Å². The zero-order chi connectivity index (χ0) is 13.8. The second-order valence-electron chi connectivity index (χ2n) is 3.14. The minimum absolute atomic E-state index is 0.0819. The Morgan fingerprint density at radius 2 is 2.06 bits per heavy atom. The predicted molar refractivity (Wildman–Crippen MR) is 54.9 cm³/mol. The van der Waals surface area contributed by atoms with Gasteiger partial charge in [-0.2, -0.15) is 13.2 Å². The highest BCUT2D eigenvalue weighted by atomic mass is 19.4. The average Bonchev–Trinajstić information content (AvgIpc) is 2.26. The van der Waals surface area contributed by atoms with Crippen LogP contribution < -0.4 is 0 Å². The van der Waals surface area contributed by atoms with Crippen molar-refractivity contribution in [3.05, 3.63) is 35.1 Å². The molecule has 0 saturated carbocycles. The molecule has 0 radical (unpaired) electrons. The van der Waals surface area contributed by atoms with Gasteiger partial charge in [0.2, 0.25) is 0 Å². The Hall–Kier alpha value is -2.03. The van der Waals surface area contributed by atoms with Crippen LogP contribution in [0.1, 0.15) is 18.1 Å². The number of halogens is 4. The Kier molecular flexibility index (Phi) is 4.32. The van der Waals surface area contributed by atoms with Gasteiger partial charge in [0.1, 0.15) is 0 Å². The minimum atomic E-state index is -4.80. The van der Waals surface area contributed by atoms with E-state index in [0.29, 0.717) is 6.07 Å². The van der Waals surface area contributed by atoms with E-state index in [-0.39, 0.29) is 6.61 Å². The third-order valence-corrected chi connectivity index (χ3v) is 1.88. The number of alkyl halides is 3. The zero-order valence-electron chi connectivity index (χ0n) is 9.27. The lowest BCUT2D eigenvalue weighted by Gasteiger charge is -2.08. The number of hydrogen-bond acceptors (Lipinski definition) is 2. The highest BCUT2D eigenvalue weighted by Crippen LogP contribution is 2.32. The monoisotopic (exact) mass is 260 g/mol. The van der Waals surface area contributed by atoms with Gasteiger partial charge in [-0.05, 0) is 19.1 Å². The molecule has 0 aromatic heterocycles. The molecule has 0 aliphatic heterocycles. The first-order valence-electron chi connectivity index (χ1n) is 4.90. The normalized spacial score (nSPS) is 10.5. The number of ether oxygens (including phenoxy) is 1. The maximum absolute atomic E-state index is 13.4. The molecule has 1 aromatic rings. The van der Waals surface area contributed by atoms with E-state index in [1.54, 1.807) is 6.92 Å². The average molecular weight is 260 g/mol. The molecule has 0 fully saturated rings. The van der Waals surface area contributed by atoms with Crippen molar-refractivity contribution in [1.29, 1.82) is 0 Å². The Bertz CT molecular complexity index is 509. The van der Waals surface area contributed by atoms with Crippen molar-refractivity contribution in [2.45, 2.75) is 13.1 Å². The molecule has 18 heavy (non-hydrogen) atoms. The molecule has 0 bridgehead atoms. The topological polar surface area (TPSA) is 26.3 Å². The summed E-state index contributed by atoms with van der Waals surface area (Å²) in [6.45, 7) is 1.63. The summed E-state index contributed by atoms with van der Waals surface area (Å²) in [4.78, 5) is 10.9. The van der Waals surface area contributed by atoms with Crippen LogP contribution in [0.3, 0.4) is 0 Å². The van der Waals surface area contributed by atoms with Crippen molar-refractivity contribution in [1.82, 2.24) is 0 Å². The van der Waals surface area contributed by atoms with Crippen LogP contribution in [0.5, 0.6) is 0 Å². The highest BCUT2D eigenvalue weighted by molar-refractivity contribution is 5.89. The fourth-order valence-corrected chi connectivity index (χ4v) is 1.13. The molecule has 0 unspecified atom stereocenters. The number of benzene rings is 1. The first-order chi connectivity index (χ1) is 8.36. The van der Waals surface area contributed by atoms with Gasteiger partial charge in [0.25, 0.3) is 0 Å². The van der Waals surface area contributed by atoms with E-state index in [9.17, 15) is 22.4 Å². The molecule has 0 heterocycles. The first kappa shape index (κ1) is 14.0. The first-order valence-corrected chi connectivity index (χ1v) is 4.90. The number of carbonyl (C=O) groups excluding carboxylic acids is 1. The summed E-state index contributed by atoms with van der Waals surface area (Å²) >= 11 is 0. The van der Waals surface area contributed by atoms with E-state index in [2.05, 4.69) is 4.74 Å². The lowest BCUT2D eigenvalue weighted by Crippen LogP contribution is -2.09. The largest absolute Gasteiger partial charge is 0.456 e. The summed E-state index contributed by atoms with van der Waals surface area (Å²) in [5.41, 5.74) is -1.92. The third-order valence-electron chi connectivity index (χ3n) is 1.88. The lowest BCUT2D eigenvalue weighted by atomic mass is 10.1. The van der Waals surface area contributed by atoms with Crippen LogP contribution in [0.4, 0.5) is 17.6 Å². The van der Waals surface area contributed by atoms with E-state index in [0.717, 1.165) is 12.1 Å². The smallest absolute Gasteiger partial charge is 0.419 e. The van der Waals surface area contributed by atoms with Crippen molar-refractivity contribution in [3.8, 4) is 11.8 Å². The van der Waals surface area contributed by atoms with Crippen molar-refractivity contribution < 1.29 is 27.1 Å². The van der Waals surface area contributed by atoms with Crippen molar-refractivity contribution in [2.24, 2.45) is 0 Å². The van der Waals surface area contributed by atoms with E-state index in [4.69, 9.17) is 0 Å². The number of hydrogen-bond donors (Lipinski definition) is 0. The van der Waals surface area contributed by atoms with Crippen LogP contribution in [0, 0.1) is 17.7 Å². The fourth-order valence-electron chi connectivity index (χ4n) is 1.13. The van der Waals surface area contributed by atoms with Gasteiger partial charge in [0, 0.05) is 5.92 Å². The Balaban J connectivity index is 3.09. The van der Waals surface area contributed by atoms with Crippen molar-refractivity contribution in [3.63, 3.8) is 0 Å². The lowest BCUT2D eigenvalue weighted by molar-refractivity contribution is -0.140. The van der Waals surface area contributed by atoms with Crippen molar-refractivity contribution >= 4 is 5.97 Å². The molecule has 0 aliphatic rings. The van der Waals surface area contributed by atoms with Crippen LogP contribution >= 0.6 is 0 Å². The summed E-state index contributed by atoms with van der Waals surface area (Å²) in [6, 6.07) is 2.67. The molecule has 0 spiro atoms. The van der Waals surface area contributed by atoms with E-state index >= 15 is 0 Å². The summed E-state index contributed by atoms with van der Waals surface area (Å²) in [5.74, 6) is 1.49. The van der Waals surface area contributed by atoms with Gasteiger partial charge in [-0.25, -0.2) is 9.18 Å². The van der Waals surface area contributed by atoms with Crippen LogP contribution in [0.25, 0.3) is 0 Å². The molecule has 1 rings (SSSR count). The Morgan fingerprint density at radius 1 is 1.39 bits per heavy atom. The standard InChI is InChI=1S/C12H8F4O2/c1-2-18-10(17)7-6-8-4-3-5-9(11(8)13)12(14,15)16/h3-5H,2H2,1H3. The van der Waals surface area contributed by atoms with Gasteiger partial charge in [0.05, 0.1) is 17.7 Å². The quantitative estimate of drug-likeness (QED) is 0.441. The van der Waals surface area contributed by atoms with Gasteiger partial charge in [0.15, 0.2) is 5.82 Å². The second-order valence-corrected chi connectivity index (χ2v) is 3.14. The van der Waals surface area contributed by atoms with Crippen LogP contribution in [0.2, 0.25) is 0 Å². The second kappa shape index (κ2) is 5.54. The maximum Gasteiger partial charge on any atom is 0.419 e. The predicted octanol–water partition coefficient (Wildman–Crippen LogP) is 2.76. The van der Waals surface area contributed by atoms with Crippen LogP contribution in [-0.2, 0) is 15.7 Å². The SMILES string of the molecule is CCOC(=O)C#Cc1cccc(C(F)(F)F)c1F. The minimum Gasteiger partial charge on any atom is -0.456 e. The molecule has 0 N–H and O–H groups in total. The molecule has 1 aromatic carbocycles. The Labute approximate surface area is 101 Å². The van der Waals surface area contributed by atoms with Gasteiger partial charge in [-0.15, -0.1) is 0 Å². The zero-order valence-corrected chi connectivity index (χ0v) is 9.27. The van der Waals surface area contributed by atoms with E-state index < -0.39 is 29.1 Å². The van der Waals surface area contributed by atoms with E-state index in [1.807, 2.05) is 11.8 Å². The summed E-state index contributed by atoms with van der Waals surface area (Å²) in [6.07, 6.45) is -4.80. The van der Waals surface area contributed by atoms with Crippen molar-refractivity contribution in [2.75, 3.05) is 6.61 Å². The molecule has 6 heteroatoms. The molecule has 0 atom stereocenters.